The Balaban J connectivity index is 1.98. The van der Waals surface area contributed by atoms with E-state index in [1.54, 1.807) is 13.0 Å². The Hall–Kier alpha value is -0.970. The number of hydrogen-bond acceptors (Lipinski definition) is 3. The minimum Gasteiger partial charge on any atom is -0.376 e. The van der Waals surface area contributed by atoms with Gasteiger partial charge in [-0.1, -0.05) is 12.1 Å². The molecule has 1 aliphatic heterocycles. The maximum atomic E-state index is 13.1. The summed E-state index contributed by atoms with van der Waals surface area (Å²) in [6.07, 6.45) is 0.919. The van der Waals surface area contributed by atoms with Crippen molar-refractivity contribution < 1.29 is 9.13 Å². The lowest BCUT2D eigenvalue weighted by Gasteiger charge is -2.26. The Morgan fingerprint density at radius 3 is 3.06 bits per heavy atom. The number of halogens is 1. The van der Waals surface area contributed by atoms with Crippen molar-refractivity contribution >= 4 is 0 Å². The van der Waals surface area contributed by atoms with Gasteiger partial charge in [-0.3, -0.25) is 0 Å². The third kappa shape index (κ3) is 3.25. The molecule has 2 unspecified atom stereocenters. The van der Waals surface area contributed by atoms with Gasteiger partial charge < -0.3 is 15.8 Å². The quantitative estimate of drug-likeness (QED) is 0.839. The average molecular weight is 238 g/mol. The number of hydrogen-bond donors (Lipinski definition) is 2. The van der Waals surface area contributed by atoms with Gasteiger partial charge in [0.2, 0.25) is 0 Å². The van der Waals surface area contributed by atoms with E-state index in [0.29, 0.717) is 5.56 Å². The predicted octanol–water partition coefficient (Wildman–Crippen LogP) is 1.51. The van der Waals surface area contributed by atoms with Crippen molar-refractivity contribution in [3.05, 3.63) is 35.1 Å². The first-order valence-corrected chi connectivity index (χ1v) is 6.01. The lowest BCUT2D eigenvalue weighted by atomic mass is 9.99. The molecule has 0 amide bonds. The molecule has 17 heavy (non-hydrogen) atoms. The normalized spacial score (nSPS) is 22.4. The van der Waals surface area contributed by atoms with Crippen molar-refractivity contribution in [2.45, 2.75) is 25.5 Å². The maximum Gasteiger partial charge on any atom is 0.126 e. The Bertz CT molecular complexity index is 378. The fraction of sp³-hybridized carbons (Fsp3) is 0.538. The zero-order valence-corrected chi connectivity index (χ0v) is 10.1. The van der Waals surface area contributed by atoms with Crippen LogP contribution in [0.15, 0.2) is 18.2 Å². The summed E-state index contributed by atoms with van der Waals surface area (Å²) in [5, 5.41) is 3.27. The van der Waals surface area contributed by atoms with Gasteiger partial charge in [-0.25, -0.2) is 4.39 Å². The van der Waals surface area contributed by atoms with Crippen LogP contribution in [0.25, 0.3) is 0 Å². The lowest BCUT2D eigenvalue weighted by molar-refractivity contribution is 0.0195. The van der Waals surface area contributed by atoms with Gasteiger partial charge >= 0.3 is 0 Å². The first-order chi connectivity index (χ1) is 8.16. The first-order valence-electron chi connectivity index (χ1n) is 6.01. The van der Waals surface area contributed by atoms with Crippen LogP contribution < -0.4 is 11.1 Å². The number of nitrogens with two attached hydrogens (primary N) is 1. The molecule has 1 heterocycles. The number of aryl methyl sites for hydroxylation is 1. The lowest BCUT2D eigenvalue weighted by Crippen LogP contribution is -2.40. The van der Waals surface area contributed by atoms with E-state index in [2.05, 4.69) is 5.32 Å². The van der Waals surface area contributed by atoms with E-state index >= 15 is 0 Å². The van der Waals surface area contributed by atoms with E-state index < -0.39 is 0 Å². The van der Waals surface area contributed by atoms with E-state index in [4.69, 9.17) is 10.5 Å². The van der Waals surface area contributed by atoms with Gasteiger partial charge in [0.05, 0.1) is 12.7 Å². The zero-order valence-electron chi connectivity index (χ0n) is 10.1. The van der Waals surface area contributed by atoms with Crippen LogP contribution >= 0.6 is 0 Å². The molecule has 0 aliphatic carbocycles. The Morgan fingerprint density at radius 2 is 2.41 bits per heavy atom. The van der Waals surface area contributed by atoms with Crippen molar-refractivity contribution in [2.24, 2.45) is 5.73 Å². The van der Waals surface area contributed by atoms with Crippen molar-refractivity contribution in [3.63, 3.8) is 0 Å². The minimum absolute atomic E-state index is 0.0980. The number of nitrogens with one attached hydrogen (secondary N) is 1. The summed E-state index contributed by atoms with van der Waals surface area (Å²) in [6, 6.07) is 4.95. The molecule has 0 bridgehead atoms. The molecule has 1 aromatic carbocycles. The van der Waals surface area contributed by atoms with Gasteiger partial charge in [0, 0.05) is 19.1 Å². The summed E-state index contributed by atoms with van der Waals surface area (Å²) < 4.78 is 18.8. The van der Waals surface area contributed by atoms with Gasteiger partial charge in [-0.05, 0) is 30.5 Å². The van der Waals surface area contributed by atoms with Crippen LogP contribution in [0.5, 0.6) is 0 Å². The topological polar surface area (TPSA) is 47.3 Å². The average Bonchev–Trinajstić information content (AvgIpc) is 2.34. The van der Waals surface area contributed by atoms with Gasteiger partial charge in [0.1, 0.15) is 5.82 Å². The highest BCUT2D eigenvalue weighted by atomic mass is 19.1. The molecule has 4 heteroatoms. The van der Waals surface area contributed by atoms with Crippen LogP contribution in [0.1, 0.15) is 23.6 Å². The number of rotatable bonds is 3. The molecule has 3 nitrogen and oxygen atoms in total. The second kappa shape index (κ2) is 5.58. The van der Waals surface area contributed by atoms with E-state index in [1.165, 1.54) is 6.07 Å². The second-order valence-corrected chi connectivity index (χ2v) is 4.55. The van der Waals surface area contributed by atoms with E-state index in [0.717, 1.165) is 31.7 Å². The fourth-order valence-electron chi connectivity index (χ4n) is 2.09. The molecule has 1 aliphatic rings. The van der Waals surface area contributed by atoms with Gasteiger partial charge in [0.25, 0.3) is 0 Å². The smallest absolute Gasteiger partial charge is 0.126 e. The van der Waals surface area contributed by atoms with Crippen LogP contribution in [-0.2, 0) is 4.74 Å². The first kappa shape index (κ1) is 12.5. The summed E-state index contributed by atoms with van der Waals surface area (Å²) in [5.74, 6) is -0.184. The van der Waals surface area contributed by atoms with Crippen LogP contribution in [0.3, 0.4) is 0 Å². The molecular formula is C13H19FN2O. The van der Waals surface area contributed by atoms with Crippen molar-refractivity contribution in [3.8, 4) is 0 Å². The standard InChI is InChI=1S/C13H19FN2O/c1-9-6-10(2-3-12(9)14)13(15)7-11-8-16-4-5-17-11/h2-3,6,11,13,16H,4-5,7-8,15H2,1H3. The molecule has 0 saturated carbocycles. The number of ether oxygens (including phenoxy) is 1. The SMILES string of the molecule is Cc1cc(C(N)CC2CNCCO2)ccc1F. The Morgan fingerprint density at radius 1 is 1.59 bits per heavy atom. The second-order valence-electron chi connectivity index (χ2n) is 4.55. The summed E-state index contributed by atoms with van der Waals surface area (Å²) in [6.45, 7) is 4.24. The molecule has 0 spiro atoms. The van der Waals surface area contributed by atoms with Gasteiger partial charge in [-0.15, -0.1) is 0 Å². The van der Waals surface area contributed by atoms with Gasteiger partial charge in [-0.2, -0.15) is 0 Å². The number of morpholine rings is 1. The highest BCUT2D eigenvalue weighted by Gasteiger charge is 2.18. The molecule has 0 aromatic heterocycles. The monoisotopic (exact) mass is 238 g/mol. The molecular weight excluding hydrogens is 219 g/mol. The highest BCUT2D eigenvalue weighted by Crippen LogP contribution is 2.20. The Labute approximate surface area is 101 Å². The number of benzene rings is 1. The van der Waals surface area contributed by atoms with E-state index in [-0.39, 0.29) is 18.0 Å². The maximum absolute atomic E-state index is 13.1. The fourth-order valence-corrected chi connectivity index (χ4v) is 2.09. The van der Waals surface area contributed by atoms with Crippen LogP contribution in [-0.4, -0.2) is 25.8 Å². The highest BCUT2D eigenvalue weighted by molar-refractivity contribution is 5.26. The van der Waals surface area contributed by atoms with Crippen molar-refractivity contribution in [1.82, 2.24) is 5.32 Å². The van der Waals surface area contributed by atoms with Crippen molar-refractivity contribution in [1.29, 1.82) is 0 Å². The molecule has 0 radical (unpaired) electrons. The zero-order chi connectivity index (χ0) is 12.3. The van der Waals surface area contributed by atoms with Crippen molar-refractivity contribution in [2.75, 3.05) is 19.7 Å². The minimum atomic E-state index is -0.184. The summed E-state index contributed by atoms with van der Waals surface area (Å²) >= 11 is 0. The molecule has 1 fully saturated rings. The Kier molecular flexibility index (Phi) is 4.10. The predicted molar refractivity (Wildman–Crippen MR) is 65.3 cm³/mol. The largest absolute Gasteiger partial charge is 0.376 e. The van der Waals surface area contributed by atoms with Crippen LogP contribution in [0, 0.1) is 12.7 Å². The van der Waals surface area contributed by atoms with Gasteiger partial charge in [0.15, 0.2) is 0 Å². The molecule has 94 valence electrons. The van der Waals surface area contributed by atoms with E-state index in [9.17, 15) is 4.39 Å². The summed E-state index contributed by atoms with van der Waals surface area (Å²) in [7, 11) is 0. The molecule has 1 saturated heterocycles. The summed E-state index contributed by atoms with van der Waals surface area (Å²) in [4.78, 5) is 0. The molecule has 1 aromatic rings. The van der Waals surface area contributed by atoms with Crippen LogP contribution in [0.2, 0.25) is 0 Å². The molecule has 2 atom stereocenters. The summed E-state index contributed by atoms with van der Waals surface area (Å²) in [5.41, 5.74) is 7.72. The third-order valence-electron chi connectivity index (χ3n) is 3.13. The molecule has 2 rings (SSSR count). The van der Waals surface area contributed by atoms with Crippen LogP contribution in [0.4, 0.5) is 4.39 Å². The third-order valence-corrected chi connectivity index (χ3v) is 3.13. The molecule has 3 N–H and O–H groups in total. The van der Waals surface area contributed by atoms with E-state index in [1.807, 2.05) is 6.07 Å².